The molecular weight excluding hydrogens is 359 g/mol. The first-order chi connectivity index (χ1) is 13.3. The van der Waals surface area contributed by atoms with E-state index >= 15 is 0 Å². The monoisotopic (exact) mass is 388 g/mol. The van der Waals surface area contributed by atoms with Crippen molar-refractivity contribution < 1.29 is 14.6 Å². The predicted molar refractivity (Wildman–Crippen MR) is 111 cm³/mol. The van der Waals surface area contributed by atoms with Crippen LogP contribution >= 0.6 is 0 Å². The molecule has 0 aliphatic carbocycles. The lowest BCUT2D eigenvalue weighted by Gasteiger charge is -2.34. The van der Waals surface area contributed by atoms with E-state index in [9.17, 15) is 14.6 Å². The Balaban J connectivity index is 1.77. The average Bonchev–Trinajstić information content (AvgIpc) is 2.62. The van der Waals surface area contributed by atoms with Gasteiger partial charge in [-0.2, -0.15) is 0 Å². The van der Waals surface area contributed by atoms with Gasteiger partial charge in [-0.15, -0.1) is 0 Å². The lowest BCUT2D eigenvalue weighted by atomic mass is 9.98. The van der Waals surface area contributed by atoms with Crippen molar-refractivity contribution in [3.63, 3.8) is 0 Å². The molecule has 1 fully saturated rings. The second kappa shape index (κ2) is 8.24. The minimum atomic E-state index is -0.744. The van der Waals surface area contributed by atoms with Crippen LogP contribution in [0.25, 0.3) is 0 Å². The number of nitrogens with two attached hydrogens (primary N) is 1. The van der Waals surface area contributed by atoms with E-state index < -0.39 is 6.17 Å². The summed E-state index contributed by atoms with van der Waals surface area (Å²) in [4.78, 5) is 4.26. The minimum absolute atomic E-state index is 0.0334. The number of likely N-dealkylation sites (N-methyl/N-ethyl adjacent to an activating group) is 1. The normalized spacial score (nSPS) is 16.4. The van der Waals surface area contributed by atoms with Crippen molar-refractivity contribution in [2.45, 2.75) is 25.9 Å². The smallest absolute Gasteiger partial charge is 0.148 e. The average molecular weight is 388 g/mol. The molecule has 0 saturated carbocycles. The van der Waals surface area contributed by atoms with Gasteiger partial charge in [0.15, 0.2) is 0 Å². The van der Waals surface area contributed by atoms with Gasteiger partial charge in [0.25, 0.3) is 0 Å². The molecule has 1 heterocycles. The summed E-state index contributed by atoms with van der Waals surface area (Å²) >= 11 is 0. The second-order valence-corrected chi connectivity index (χ2v) is 7.70. The largest absolute Gasteiger partial charge is 0.508 e. The first-order valence-electron chi connectivity index (χ1n) is 9.57. The SMILES string of the molecule is CC(C)c1cc(C(N)Nc2ccc(N3CCN(C)CC3)c(F)c2)c(O)cc1O. The first-order valence-corrected chi connectivity index (χ1v) is 9.57. The van der Waals surface area contributed by atoms with Gasteiger partial charge in [-0.1, -0.05) is 13.8 Å². The van der Waals surface area contributed by atoms with Gasteiger partial charge in [0, 0.05) is 43.5 Å². The Morgan fingerprint density at radius 3 is 2.25 bits per heavy atom. The Morgan fingerprint density at radius 2 is 1.64 bits per heavy atom. The van der Waals surface area contributed by atoms with Crippen molar-refractivity contribution in [1.29, 1.82) is 0 Å². The summed E-state index contributed by atoms with van der Waals surface area (Å²) in [6.07, 6.45) is -0.744. The zero-order valence-corrected chi connectivity index (χ0v) is 16.6. The Bertz CT molecular complexity index is 835. The third-order valence-corrected chi connectivity index (χ3v) is 5.25. The molecule has 7 heteroatoms. The van der Waals surface area contributed by atoms with Crippen LogP contribution in [0.3, 0.4) is 0 Å². The third kappa shape index (κ3) is 4.31. The predicted octanol–water partition coefficient (Wildman–Crippen LogP) is 3.18. The number of hydrogen-bond acceptors (Lipinski definition) is 6. The first kappa shape index (κ1) is 20.2. The summed E-state index contributed by atoms with van der Waals surface area (Å²) in [5.74, 6) is -0.297. The molecule has 0 aromatic heterocycles. The maximum Gasteiger partial charge on any atom is 0.148 e. The molecule has 1 saturated heterocycles. The van der Waals surface area contributed by atoms with Gasteiger partial charge in [0.1, 0.15) is 23.5 Å². The highest BCUT2D eigenvalue weighted by Crippen LogP contribution is 2.35. The topological polar surface area (TPSA) is 85.0 Å². The van der Waals surface area contributed by atoms with Crippen molar-refractivity contribution in [1.82, 2.24) is 4.90 Å². The van der Waals surface area contributed by atoms with Crippen LogP contribution < -0.4 is 16.0 Å². The van der Waals surface area contributed by atoms with Gasteiger partial charge < -0.3 is 31.1 Å². The number of nitrogens with zero attached hydrogens (tertiary/aromatic N) is 2. The maximum absolute atomic E-state index is 14.7. The molecule has 1 unspecified atom stereocenters. The molecule has 152 valence electrons. The van der Waals surface area contributed by atoms with Crippen LogP contribution in [0.15, 0.2) is 30.3 Å². The van der Waals surface area contributed by atoms with Crippen molar-refractivity contribution in [2.24, 2.45) is 5.73 Å². The Labute approximate surface area is 165 Å². The summed E-state index contributed by atoms with van der Waals surface area (Å²) in [5, 5.41) is 23.2. The van der Waals surface area contributed by atoms with E-state index in [4.69, 9.17) is 5.73 Å². The number of benzene rings is 2. The van der Waals surface area contributed by atoms with Crippen LogP contribution in [0, 0.1) is 5.82 Å². The Hall–Kier alpha value is -2.51. The van der Waals surface area contributed by atoms with Crippen LogP contribution in [0.4, 0.5) is 15.8 Å². The number of phenols is 2. The molecule has 0 amide bonds. The van der Waals surface area contributed by atoms with Gasteiger partial charge in [0.2, 0.25) is 0 Å². The molecule has 2 aromatic rings. The minimum Gasteiger partial charge on any atom is -0.508 e. The van der Waals surface area contributed by atoms with Crippen molar-refractivity contribution in [3.05, 3.63) is 47.3 Å². The fraction of sp³-hybridized carbons (Fsp3) is 0.429. The van der Waals surface area contributed by atoms with Crippen LogP contribution in [-0.4, -0.2) is 48.3 Å². The second-order valence-electron chi connectivity index (χ2n) is 7.70. The van der Waals surface area contributed by atoms with E-state index in [2.05, 4.69) is 17.3 Å². The lowest BCUT2D eigenvalue weighted by Crippen LogP contribution is -2.44. The summed E-state index contributed by atoms with van der Waals surface area (Å²) in [6, 6.07) is 7.95. The number of rotatable bonds is 5. The van der Waals surface area contributed by atoms with Crippen molar-refractivity contribution in [2.75, 3.05) is 43.4 Å². The van der Waals surface area contributed by atoms with Crippen LogP contribution in [0.5, 0.6) is 11.5 Å². The van der Waals surface area contributed by atoms with Gasteiger partial charge >= 0.3 is 0 Å². The standard InChI is InChI=1S/C21H29FN4O2/c1-13(2)15-11-16(20(28)12-19(15)27)21(23)24-14-4-5-18(17(22)10-14)26-8-6-25(3)7-9-26/h4-5,10-13,21,24,27-28H,6-9,23H2,1-3H3. The van der Waals surface area contributed by atoms with Crippen LogP contribution in [0.2, 0.25) is 0 Å². The van der Waals surface area contributed by atoms with E-state index in [-0.39, 0.29) is 23.2 Å². The Morgan fingerprint density at radius 1 is 1.00 bits per heavy atom. The molecule has 0 spiro atoms. The molecule has 1 atom stereocenters. The van der Waals surface area contributed by atoms with E-state index in [1.54, 1.807) is 18.2 Å². The molecule has 0 radical (unpaired) electrons. The van der Waals surface area contributed by atoms with Gasteiger partial charge in [-0.05, 0) is 42.8 Å². The maximum atomic E-state index is 14.7. The quantitative estimate of drug-likeness (QED) is 0.589. The van der Waals surface area contributed by atoms with Crippen molar-refractivity contribution in [3.8, 4) is 11.5 Å². The van der Waals surface area contributed by atoms with Gasteiger partial charge in [-0.3, -0.25) is 0 Å². The van der Waals surface area contributed by atoms with Gasteiger partial charge in [0.05, 0.1) is 5.69 Å². The van der Waals surface area contributed by atoms with E-state index in [0.717, 1.165) is 26.2 Å². The molecule has 5 N–H and O–H groups in total. The molecule has 2 aromatic carbocycles. The number of phenolic OH excluding ortho intramolecular Hbond substituents is 2. The molecule has 0 bridgehead atoms. The summed E-state index contributed by atoms with van der Waals surface area (Å²) in [5.41, 5.74) is 8.46. The number of aromatic hydroxyl groups is 2. The number of piperazine rings is 1. The van der Waals surface area contributed by atoms with E-state index in [0.29, 0.717) is 22.5 Å². The number of halogens is 1. The van der Waals surface area contributed by atoms with Gasteiger partial charge in [-0.25, -0.2) is 4.39 Å². The lowest BCUT2D eigenvalue weighted by molar-refractivity contribution is 0.311. The fourth-order valence-corrected chi connectivity index (χ4v) is 3.48. The van der Waals surface area contributed by atoms with Crippen LogP contribution in [-0.2, 0) is 0 Å². The third-order valence-electron chi connectivity index (χ3n) is 5.25. The Kier molecular flexibility index (Phi) is 5.96. The van der Waals surface area contributed by atoms with E-state index in [1.165, 1.54) is 12.1 Å². The number of anilines is 2. The fourth-order valence-electron chi connectivity index (χ4n) is 3.48. The zero-order chi connectivity index (χ0) is 20.4. The number of hydrogen-bond donors (Lipinski definition) is 4. The molecule has 28 heavy (non-hydrogen) atoms. The molecule has 1 aliphatic heterocycles. The highest BCUT2D eigenvalue weighted by atomic mass is 19.1. The molecule has 1 aliphatic rings. The summed E-state index contributed by atoms with van der Waals surface area (Å²) in [6.45, 7) is 7.28. The zero-order valence-electron chi connectivity index (χ0n) is 16.6. The molecule has 6 nitrogen and oxygen atoms in total. The highest BCUT2D eigenvalue weighted by Gasteiger charge is 2.19. The number of nitrogens with one attached hydrogen (secondary N) is 1. The van der Waals surface area contributed by atoms with E-state index in [1.807, 2.05) is 18.7 Å². The highest BCUT2D eigenvalue weighted by molar-refractivity contribution is 5.58. The molecule has 3 rings (SSSR count). The van der Waals surface area contributed by atoms with Crippen molar-refractivity contribution >= 4 is 11.4 Å². The summed E-state index contributed by atoms with van der Waals surface area (Å²) in [7, 11) is 2.06. The van der Waals surface area contributed by atoms with Crippen LogP contribution in [0.1, 0.15) is 37.1 Å². The summed E-state index contributed by atoms with van der Waals surface area (Å²) < 4.78 is 14.7. The molecular formula is C21H29FN4O2.